The Bertz CT molecular complexity index is 841. The van der Waals surface area contributed by atoms with Crippen molar-refractivity contribution in [3.8, 4) is 5.75 Å². The molecule has 0 radical (unpaired) electrons. The number of hydrogen-bond donors (Lipinski definition) is 0. The van der Waals surface area contributed by atoms with Crippen LogP contribution in [0, 0.1) is 0 Å². The van der Waals surface area contributed by atoms with E-state index in [2.05, 4.69) is 18.0 Å². The van der Waals surface area contributed by atoms with Crippen LogP contribution in [0.3, 0.4) is 0 Å². The molecule has 26 heavy (non-hydrogen) atoms. The molecule has 0 aliphatic carbocycles. The number of methoxy groups -OCH3 is 1. The minimum Gasteiger partial charge on any atom is -0.486 e. The summed E-state index contributed by atoms with van der Waals surface area (Å²) < 4.78 is 12.1. The molecule has 1 unspecified atom stereocenters. The number of aromatic nitrogens is 1. The maximum absolute atomic E-state index is 12.1. The molecule has 0 fully saturated rings. The second kappa shape index (κ2) is 8.81. The number of rotatable bonds is 8. The Morgan fingerprint density at radius 3 is 2.81 bits per heavy atom. The van der Waals surface area contributed by atoms with Crippen molar-refractivity contribution in [2.45, 2.75) is 38.7 Å². The molecular formula is C21H23NO3S. The number of hydrogen-bond acceptors (Lipinski definition) is 5. The smallest absolute Gasteiger partial charge is 0.313 e. The maximum Gasteiger partial charge on any atom is 0.313 e. The monoisotopic (exact) mass is 369 g/mol. The van der Waals surface area contributed by atoms with Crippen LogP contribution in [-0.2, 0) is 16.1 Å². The fourth-order valence-electron chi connectivity index (χ4n) is 2.92. The number of unbranched alkanes of at least 4 members (excludes halogenated alkanes) is 1. The summed E-state index contributed by atoms with van der Waals surface area (Å²) in [6.07, 6.45) is 2.81. The molecule has 0 aliphatic heterocycles. The van der Waals surface area contributed by atoms with E-state index in [-0.39, 0.29) is 11.9 Å². The fraction of sp³-hybridized carbons (Fsp3) is 0.333. The predicted octanol–water partition coefficient (Wildman–Crippen LogP) is 5.32. The second-order valence-corrected chi connectivity index (χ2v) is 7.27. The number of benzene rings is 2. The van der Waals surface area contributed by atoms with Gasteiger partial charge < -0.3 is 9.47 Å². The van der Waals surface area contributed by atoms with E-state index in [1.54, 1.807) is 11.3 Å². The van der Waals surface area contributed by atoms with Crippen molar-refractivity contribution in [1.29, 1.82) is 0 Å². The molecule has 0 saturated carbocycles. The molecule has 0 N–H and O–H groups in total. The summed E-state index contributed by atoms with van der Waals surface area (Å²) in [5.74, 6) is 0.305. The molecule has 3 rings (SSSR count). The number of carbonyl (C=O) groups excluding carboxylic acids is 1. The highest BCUT2D eigenvalue weighted by molar-refractivity contribution is 7.18. The van der Waals surface area contributed by atoms with E-state index in [1.165, 1.54) is 7.11 Å². The number of carbonyl (C=O) groups is 1. The third-order valence-electron chi connectivity index (χ3n) is 4.29. The highest BCUT2D eigenvalue weighted by Gasteiger charge is 2.21. The van der Waals surface area contributed by atoms with Gasteiger partial charge in [-0.1, -0.05) is 44.0 Å². The first-order valence-electron chi connectivity index (χ1n) is 8.86. The van der Waals surface area contributed by atoms with Gasteiger partial charge >= 0.3 is 5.97 Å². The first-order valence-corrected chi connectivity index (χ1v) is 9.68. The third-order valence-corrected chi connectivity index (χ3v) is 5.30. The fourth-order valence-corrected chi connectivity index (χ4v) is 3.80. The van der Waals surface area contributed by atoms with Gasteiger partial charge in [0.25, 0.3) is 0 Å². The van der Waals surface area contributed by atoms with Gasteiger partial charge in [-0.2, -0.15) is 0 Å². The highest BCUT2D eigenvalue weighted by atomic mass is 32.1. The van der Waals surface area contributed by atoms with E-state index in [1.807, 2.05) is 42.5 Å². The van der Waals surface area contributed by atoms with E-state index in [0.717, 1.165) is 45.8 Å². The zero-order chi connectivity index (χ0) is 18.4. The summed E-state index contributed by atoms with van der Waals surface area (Å²) in [6, 6.07) is 15.8. The lowest BCUT2D eigenvalue weighted by Gasteiger charge is -2.15. The highest BCUT2D eigenvalue weighted by Crippen LogP contribution is 2.28. The van der Waals surface area contributed by atoms with Crippen molar-refractivity contribution in [3.63, 3.8) is 0 Å². The molecule has 1 atom stereocenters. The van der Waals surface area contributed by atoms with Crippen LogP contribution in [0.2, 0.25) is 0 Å². The number of para-hydroxylation sites is 1. The average molecular weight is 369 g/mol. The van der Waals surface area contributed by atoms with Crippen molar-refractivity contribution in [3.05, 3.63) is 59.1 Å². The van der Waals surface area contributed by atoms with E-state index in [9.17, 15) is 4.79 Å². The minimum atomic E-state index is -0.244. The second-order valence-electron chi connectivity index (χ2n) is 6.15. The molecule has 0 spiro atoms. The molecule has 3 aromatic rings. The molecule has 2 aromatic carbocycles. The largest absolute Gasteiger partial charge is 0.486 e. The quantitative estimate of drug-likeness (QED) is 0.504. The van der Waals surface area contributed by atoms with Gasteiger partial charge in [0.1, 0.15) is 17.4 Å². The first-order chi connectivity index (χ1) is 12.7. The van der Waals surface area contributed by atoms with Crippen molar-refractivity contribution in [2.24, 2.45) is 0 Å². The topological polar surface area (TPSA) is 48.4 Å². The van der Waals surface area contributed by atoms with Crippen LogP contribution in [0.1, 0.15) is 42.7 Å². The van der Waals surface area contributed by atoms with E-state index < -0.39 is 0 Å². The summed E-state index contributed by atoms with van der Waals surface area (Å²) in [4.78, 5) is 16.7. The van der Waals surface area contributed by atoms with E-state index in [0.29, 0.717) is 6.61 Å². The van der Waals surface area contributed by atoms with Crippen molar-refractivity contribution in [1.82, 2.24) is 4.98 Å². The van der Waals surface area contributed by atoms with Gasteiger partial charge in [0, 0.05) is 0 Å². The van der Waals surface area contributed by atoms with Gasteiger partial charge in [-0.3, -0.25) is 4.79 Å². The SMILES string of the molecule is CCCCC(C(=O)OC)c1cccc(OCc2nc3ccccc3s2)c1. The normalized spacial score (nSPS) is 12.1. The van der Waals surface area contributed by atoms with Gasteiger partial charge in [-0.25, -0.2) is 4.98 Å². The standard InChI is InChI=1S/C21H23NO3S/c1-3-4-10-17(21(23)24-2)15-8-7-9-16(13-15)25-14-20-22-18-11-5-6-12-19(18)26-20/h5-9,11-13,17H,3-4,10,14H2,1-2H3. The Morgan fingerprint density at radius 2 is 2.04 bits per heavy atom. The van der Waals surface area contributed by atoms with Crippen molar-refractivity contribution < 1.29 is 14.3 Å². The molecular weight excluding hydrogens is 346 g/mol. The molecule has 1 heterocycles. The van der Waals surface area contributed by atoms with Crippen LogP contribution >= 0.6 is 11.3 Å². The maximum atomic E-state index is 12.1. The molecule has 0 aliphatic rings. The zero-order valence-electron chi connectivity index (χ0n) is 15.1. The van der Waals surface area contributed by atoms with Gasteiger partial charge in [0.05, 0.1) is 23.2 Å². The molecule has 1 aromatic heterocycles. The van der Waals surface area contributed by atoms with Crippen LogP contribution in [-0.4, -0.2) is 18.1 Å². The third kappa shape index (κ3) is 4.41. The Morgan fingerprint density at radius 1 is 1.19 bits per heavy atom. The predicted molar refractivity (Wildman–Crippen MR) is 105 cm³/mol. The average Bonchev–Trinajstić information content (AvgIpc) is 3.10. The lowest BCUT2D eigenvalue weighted by atomic mass is 9.93. The van der Waals surface area contributed by atoms with Crippen molar-refractivity contribution in [2.75, 3.05) is 7.11 Å². The van der Waals surface area contributed by atoms with Crippen LogP contribution in [0.15, 0.2) is 48.5 Å². The van der Waals surface area contributed by atoms with Gasteiger partial charge in [-0.05, 0) is 36.2 Å². The number of thiazole rings is 1. The van der Waals surface area contributed by atoms with Gasteiger partial charge in [0.2, 0.25) is 0 Å². The Hall–Kier alpha value is -2.40. The molecule has 0 amide bonds. The molecule has 0 bridgehead atoms. The first kappa shape index (κ1) is 18.4. The van der Waals surface area contributed by atoms with Gasteiger partial charge in [-0.15, -0.1) is 11.3 Å². The lowest BCUT2D eigenvalue weighted by Crippen LogP contribution is -2.14. The van der Waals surface area contributed by atoms with Crippen LogP contribution in [0.4, 0.5) is 0 Å². The Kier molecular flexibility index (Phi) is 6.23. The number of ether oxygens (including phenoxy) is 2. The number of fused-ring (bicyclic) bond motifs is 1. The number of nitrogens with zero attached hydrogens (tertiary/aromatic N) is 1. The lowest BCUT2D eigenvalue weighted by molar-refractivity contribution is -0.142. The molecule has 0 saturated heterocycles. The number of esters is 1. The van der Waals surface area contributed by atoms with Crippen LogP contribution in [0.25, 0.3) is 10.2 Å². The van der Waals surface area contributed by atoms with Gasteiger partial charge in [0.15, 0.2) is 0 Å². The van der Waals surface area contributed by atoms with Crippen LogP contribution < -0.4 is 4.74 Å². The van der Waals surface area contributed by atoms with E-state index >= 15 is 0 Å². The summed E-state index contributed by atoms with van der Waals surface area (Å²) in [5, 5.41) is 0.937. The minimum absolute atomic E-state index is 0.193. The summed E-state index contributed by atoms with van der Waals surface area (Å²) in [5.41, 5.74) is 1.93. The summed E-state index contributed by atoms with van der Waals surface area (Å²) in [7, 11) is 1.44. The van der Waals surface area contributed by atoms with Crippen LogP contribution in [0.5, 0.6) is 5.75 Å². The van der Waals surface area contributed by atoms with E-state index in [4.69, 9.17) is 9.47 Å². The Labute approximate surface area is 157 Å². The summed E-state index contributed by atoms with van der Waals surface area (Å²) >= 11 is 1.64. The van der Waals surface area contributed by atoms with Crippen molar-refractivity contribution >= 4 is 27.5 Å². The summed E-state index contributed by atoms with van der Waals surface area (Å²) in [6.45, 7) is 2.53. The molecule has 136 valence electrons. The molecule has 5 heteroatoms. The molecule has 4 nitrogen and oxygen atoms in total. The zero-order valence-corrected chi connectivity index (χ0v) is 15.9. The Balaban J connectivity index is 1.72.